The summed E-state index contributed by atoms with van der Waals surface area (Å²) < 4.78 is 27.2. The molecule has 18 heavy (non-hydrogen) atoms. The Morgan fingerprint density at radius 2 is 1.89 bits per heavy atom. The summed E-state index contributed by atoms with van der Waals surface area (Å²) in [4.78, 5) is 5.93. The van der Waals surface area contributed by atoms with E-state index in [0.717, 1.165) is 19.2 Å². The standard InChI is InChI=1S/C12H17F2N3S/c1-7-5-17(6-8(2)18-7)12-10(14)4-9(13)11(15-3)16-12/h4,7-8H,5-6H2,1-3H3,(H,15,16). The summed E-state index contributed by atoms with van der Waals surface area (Å²) >= 11 is 1.88. The molecule has 2 rings (SSSR count). The second-order valence-corrected chi connectivity index (χ2v) is 6.42. The molecule has 0 bridgehead atoms. The third-order valence-electron chi connectivity index (χ3n) is 2.87. The highest BCUT2D eigenvalue weighted by Crippen LogP contribution is 2.30. The molecular formula is C12H17F2N3S. The Morgan fingerprint density at radius 1 is 1.28 bits per heavy atom. The lowest BCUT2D eigenvalue weighted by molar-refractivity contribution is 0.567. The molecule has 0 aromatic carbocycles. The normalized spacial score (nSPS) is 24.2. The van der Waals surface area contributed by atoms with Gasteiger partial charge in [-0.2, -0.15) is 11.8 Å². The average Bonchev–Trinajstić information content (AvgIpc) is 2.27. The van der Waals surface area contributed by atoms with Crippen molar-refractivity contribution >= 4 is 23.4 Å². The van der Waals surface area contributed by atoms with Crippen molar-refractivity contribution in [1.29, 1.82) is 0 Å². The van der Waals surface area contributed by atoms with E-state index in [9.17, 15) is 8.78 Å². The minimum absolute atomic E-state index is 0.0879. The van der Waals surface area contributed by atoms with Gasteiger partial charge in [0, 0.05) is 36.7 Å². The van der Waals surface area contributed by atoms with E-state index in [4.69, 9.17) is 0 Å². The first-order valence-corrected chi connectivity index (χ1v) is 6.89. The van der Waals surface area contributed by atoms with Crippen LogP contribution in [0, 0.1) is 11.6 Å². The van der Waals surface area contributed by atoms with Crippen LogP contribution in [0.2, 0.25) is 0 Å². The Kier molecular flexibility index (Phi) is 3.94. The molecule has 0 saturated carbocycles. The summed E-state index contributed by atoms with van der Waals surface area (Å²) in [5.74, 6) is -0.936. The van der Waals surface area contributed by atoms with E-state index in [1.807, 2.05) is 16.7 Å². The molecule has 2 atom stereocenters. The fraction of sp³-hybridized carbons (Fsp3) is 0.583. The zero-order valence-corrected chi connectivity index (χ0v) is 11.5. The topological polar surface area (TPSA) is 28.2 Å². The van der Waals surface area contributed by atoms with Gasteiger partial charge in [0.05, 0.1) is 0 Å². The van der Waals surface area contributed by atoms with E-state index in [0.29, 0.717) is 10.5 Å². The van der Waals surface area contributed by atoms with Gasteiger partial charge in [-0.15, -0.1) is 0 Å². The number of hydrogen-bond donors (Lipinski definition) is 1. The maximum Gasteiger partial charge on any atom is 0.168 e. The van der Waals surface area contributed by atoms with Crippen molar-refractivity contribution in [3.8, 4) is 0 Å². The van der Waals surface area contributed by atoms with Gasteiger partial charge in [0.1, 0.15) is 0 Å². The van der Waals surface area contributed by atoms with Gasteiger partial charge in [0.25, 0.3) is 0 Å². The lowest BCUT2D eigenvalue weighted by Gasteiger charge is -2.35. The van der Waals surface area contributed by atoms with E-state index in [-0.39, 0.29) is 11.6 Å². The quantitative estimate of drug-likeness (QED) is 0.897. The van der Waals surface area contributed by atoms with Crippen LogP contribution in [-0.4, -0.2) is 35.6 Å². The third-order valence-corrected chi connectivity index (χ3v) is 4.09. The zero-order chi connectivity index (χ0) is 13.3. The predicted molar refractivity (Wildman–Crippen MR) is 72.4 cm³/mol. The van der Waals surface area contributed by atoms with Crippen molar-refractivity contribution in [3.63, 3.8) is 0 Å². The summed E-state index contributed by atoms with van der Waals surface area (Å²) in [5, 5.41) is 3.47. The molecular weight excluding hydrogens is 256 g/mol. The summed E-state index contributed by atoms with van der Waals surface area (Å²) in [6, 6.07) is 0.894. The van der Waals surface area contributed by atoms with Crippen molar-refractivity contribution in [3.05, 3.63) is 17.7 Å². The SMILES string of the molecule is CNc1nc(N2CC(C)SC(C)C2)c(F)cc1F. The van der Waals surface area contributed by atoms with E-state index in [2.05, 4.69) is 24.1 Å². The highest BCUT2D eigenvalue weighted by atomic mass is 32.2. The number of halogens is 2. The number of pyridine rings is 1. The number of nitrogens with zero attached hydrogens (tertiary/aromatic N) is 2. The third kappa shape index (κ3) is 2.68. The molecule has 0 radical (unpaired) electrons. The van der Waals surface area contributed by atoms with Crippen molar-refractivity contribution in [1.82, 2.24) is 4.98 Å². The Labute approximate surface area is 110 Å². The van der Waals surface area contributed by atoms with Gasteiger partial charge in [-0.05, 0) is 0 Å². The first kappa shape index (κ1) is 13.4. The highest BCUT2D eigenvalue weighted by molar-refractivity contribution is 8.00. The van der Waals surface area contributed by atoms with Crippen LogP contribution in [0.4, 0.5) is 20.4 Å². The molecule has 1 saturated heterocycles. The minimum atomic E-state index is -0.661. The fourth-order valence-electron chi connectivity index (χ4n) is 2.20. The van der Waals surface area contributed by atoms with Crippen LogP contribution in [0.15, 0.2) is 6.07 Å². The van der Waals surface area contributed by atoms with Crippen LogP contribution in [0.1, 0.15) is 13.8 Å². The molecule has 0 aliphatic carbocycles. The molecule has 1 N–H and O–H groups in total. The van der Waals surface area contributed by atoms with Crippen LogP contribution in [0.25, 0.3) is 0 Å². The molecule has 100 valence electrons. The van der Waals surface area contributed by atoms with Crippen molar-refractivity contribution < 1.29 is 8.78 Å². The number of nitrogens with one attached hydrogen (secondary N) is 1. The molecule has 0 amide bonds. The van der Waals surface area contributed by atoms with E-state index in [1.165, 1.54) is 0 Å². The van der Waals surface area contributed by atoms with Crippen molar-refractivity contribution in [2.75, 3.05) is 30.4 Å². The second kappa shape index (κ2) is 5.30. The first-order valence-electron chi connectivity index (χ1n) is 5.95. The van der Waals surface area contributed by atoms with Crippen LogP contribution < -0.4 is 10.2 Å². The second-order valence-electron chi connectivity index (χ2n) is 4.54. The molecule has 1 aliphatic rings. The van der Waals surface area contributed by atoms with Crippen molar-refractivity contribution in [2.45, 2.75) is 24.3 Å². The molecule has 1 aliphatic heterocycles. The maximum atomic E-state index is 13.8. The van der Waals surface area contributed by atoms with Crippen LogP contribution in [0.5, 0.6) is 0 Å². The monoisotopic (exact) mass is 273 g/mol. The largest absolute Gasteiger partial charge is 0.371 e. The Bertz CT molecular complexity index is 432. The van der Waals surface area contributed by atoms with Crippen LogP contribution in [-0.2, 0) is 0 Å². The zero-order valence-electron chi connectivity index (χ0n) is 10.7. The summed E-state index contributed by atoms with van der Waals surface area (Å²) in [6.07, 6.45) is 0. The summed E-state index contributed by atoms with van der Waals surface area (Å²) in [5.41, 5.74) is 0. The van der Waals surface area contributed by atoms with Gasteiger partial charge in [-0.25, -0.2) is 13.8 Å². The van der Waals surface area contributed by atoms with Gasteiger partial charge >= 0.3 is 0 Å². The Hall–Kier alpha value is -1.04. The number of rotatable bonds is 2. The van der Waals surface area contributed by atoms with E-state index in [1.54, 1.807) is 7.05 Å². The lowest BCUT2D eigenvalue weighted by atomic mass is 10.3. The molecule has 6 heteroatoms. The fourth-order valence-corrected chi connectivity index (χ4v) is 3.53. The Balaban J connectivity index is 2.32. The molecule has 3 nitrogen and oxygen atoms in total. The molecule has 1 fully saturated rings. The maximum absolute atomic E-state index is 13.8. The van der Waals surface area contributed by atoms with Crippen LogP contribution in [0.3, 0.4) is 0 Å². The smallest absolute Gasteiger partial charge is 0.168 e. The van der Waals surface area contributed by atoms with Crippen LogP contribution >= 0.6 is 11.8 Å². The number of thioether (sulfide) groups is 1. The van der Waals surface area contributed by atoms with Crippen molar-refractivity contribution in [2.24, 2.45) is 0 Å². The number of aromatic nitrogens is 1. The average molecular weight is 273 g/mol. The first-order chi connectivity index (χ1) is 8.51. The minimum Gasteiger partial charge on any atom is -0.371 e. The molecule has 0 spiro atoms. The summed E-state index contributed by atoms with van der Waals surface area (Å²) in [6.45, 7) is 5.67. The predicted octanol–water partition coefficient (Wildman–Crippen LogP) is 2.73. The van der Waals surface area contributed by atoms with Gasteiger partial charge in [-0.1, -0.05) is 13.8 Å². The van der Waals surface area contributed by atoms with Gasteiger partial charge in [0.15, 0.2) is 23.3 Å². The van der Waals surface area contributed by atoms with Gasteiger partial charge in [0.2, 0.25) is 0 Å². The summed E-state index contributed by atoms with van der Waals surface area (Å²) in [7, 11) is 1.57. The Morgan fingerprint density at radius 3 is 2.44 bits per heavy atom. The highest BCUT2D eigenvalue weighted by Gasteiger charge is 2.26. The van der Waals surface area contributed by atoms with E-state index < -0.39 is 11.6 Å². The van der Waals surface area contributed by atoms with Gasteiger partial charge in [-0.3, -0.25) is 0 Å². The number of anilines is 2. The van der Waals surface area contributed by atoms with E-state index >= 15 is 0 Å². The molecule has 1 aromatic heterocycles. The van der Waals surface area contributed by atoms with Gasteiger partial charge < -0.3 is 10.2 Å². The lowest BCUT2D eigenvalue weighted by Crippen LogP contribution is -2.41. The number of hydrogen-bond acceptors (Lipinski definition) is 4. The molecule has 2 heterocycles. The molecule has 2 unspecified atom stereocenters. The molecule has 1 aromatic rings.